The molecule has 0 spiro atoms. The van der Waals surface area contributed by atoms with Crippen molar-refractivity contribution in [2.75, 3.05) is 43.4 Å². The van der Waals surface area contributed by atoms with Gasteiger partial charge in [-0.1, -0.05) is 19.3 Å². The quantitative estimate of drug-likeness (QED) is 0.338. The molecule has 1 aliphatic heterocycles. The molecule has 1 saturated carbocycles. The Hall–Kier alpha value is 0.260. The fourth-order valence-corrected chi connectivity index (χ4v) is 5.44. The summed E-state index contributed by atoms with van der Waals surface area (Å²) in [5.41, 5.74) is 0. The minimum Gasteiger partial charge on any atom is -0.357 e. The minimum absolute atomic E-state index is 0. The molecule has 0 aromatic rings. The first-order valence-electron chi connectivity index (χ1n) is 8.72. The van der Waals surface area contributed by atoms with Crippen LogP contribution in [0.5, 0.6) is 0 Å². The maximum atomic E-state index is 12.3. The molecule has 0 unspecified atom stereocenters. The number of nitrogens with zero attached hydrogens (tertiary/aromatic N) is 2. The Bertz CT molecular complexity index is 476. The molecule has 0 aromatic carbocycles. The highest BCUT2D eigenvalue weighted by Crippen LogP contribution is 2.17. The molecule has 6 nitrogen and oxygen atoms in total. The lowest BCUT2D eigenvalue weighted by atomic mass is 9.96. The highest BCUT2D eigenvalue weighted by Gasteiger charge is 2.23. The number of sulfonamides is 1. The molecule has 0 radical (unpaired) electrons. The predicted octanol–water partition coefficient (Wildman–Crippen LogP) is 1.87. The van der Waals surface area contributed by atoms with Crippen LogP contribution in [-0.2, 0) is 10.0 Å². The van der Waals surface area contributed by atoms with E-state index in [1.165, 1.54) is 32.1 Å². The zero-order valence-corrected chi connectivity index (χ0v) is 18.5. The van der Waals surface area contributed by atoms with Crippen LogP contribution in [0, 0.1) is 0 Å². The van der Waals surface area contributed by atoms with E-state index in [-0.39, 0.29) is 29.7 Å². The molecule has 2 N–H and O–H groups in total. The van der Waals surface area contributed by atoms with Gasteiger partial charge in [-0.15, -0.1) is 24.0 Å². The second kappa shape index (κ2) is 11.8. The van der Waals surface area contributed by atoms with Crippen LogP contribution in [-0.4, -0.2) is 68.2 Å². The van der Waals surface area contributed by atoms with Crippen LogP contribution in [0.25, 0.3) is 0 Å². The van der Waals surface area contributed by atoms with Crippen LogP contribution in [0.1, 0.15) is 39.0 Å². The smallest absolute Gasteiger partial charge is 0.215 e. The standard InChI is InChI=1S/C15H30N4O2S2.HI/c1-2-16-15(18-14-6-4-3-5-7-14)17-8-13-23(20,21)19-9-11-22-12-10-19;/h14H,2-13H2,1H3,(H2,16,17,18);1H. The molecule has 1 heterocycles. The van der Waals surface area contributed by atoms with Gasteiger partial charge in [0.25, 0.3) is 0 Å². The van der Waals surface area contributed by atoms with E-state index in [1.54, 1.807) is 4.31 Å². The van der Waals surface area contributed by atoms with Crippen LogP contribution in [0.2, 0.25) is 0 Å². The molecule has 0 atom stereocenters. The van der Waals surface area contributed by atoms with Crippen LogP contribution in [0.15, 0.2) is 4.99 Å². The SMILES string of the molecule is CCNC(=NCCS(=O)(=O)N1CCSCC1)NC1CCCCC1.I. The second-order valence-corrected chi connectivity index (χ2v) is 9.38. The van der Waals surface area contributed by atoms with Crippen molar-refractivity contribution in [1.82, 2.24) is 14.9 Å². The van der Waals surface area contributed by atoms with Gasteiger partial charge in [0.05, 0.1) is 12.3 Å². The molecule has 142 valence electrons. The van der Waals surface area contributed by atoms with E-state index in [0.717, 1.165) is 24.0 Å². The number of hydrogen-bond donors (Lipinski definition) is 2. The summed E-state index contributed by atoms with van der Waals surface area (Å²) in [4.78, 5) is 4.47. The topological polar surface area (TPSA) is 73.8 Å². The van der Waals surface area contributed by atoms with Gasteiger partial charge in [-0.2, -0.15) is 11.8 Å². The van der Waals surface area contributed by atoms with Gasteiger partial charge >= 0.3 is 0 Å². The lowest BCUT2D eigenvalue weighted by Gasteiger charge is -2.26. The number of hydrogen-bond acceptors (Lipinski definition) is 4. The predicted molar refractivity (Wildman–Crippen MR) is 114 cm³/mol. The highest BCUT2D eigenvalue weighted by molar-refractivity contribution is 14.0. The van der Waals surface area contributed by atoms with Crippen molar-refractivity contribution < 1.29 is 8.42 Å². The zero-order chi connectivity index (χ0) is 16.5. The Morgan fingerprint density at radius 1 is 1.21 bits per heavy atom. The lowest BCUT2D eigenvalue weighted by Crippen LogP contribution is -2.44. The van der Waals surface area contributed by atoms with Gasteiger partial charge in [-0.05, 0) is 19.8 Å². The summed E-state index contributed by atoms with van der Waals surface area (Å²) in [6, 6.07) is 0.470. The van der Waals surface area contributed by atoms with Crippen molar-refractivity contribution in [1.29, 1.82) is 0 Å². The van der Waals surface area contributed by atoms with Gasteiger partial charge in [-0.25, -0.2) is 12.7 Å². The average Bonchev–Trinajstić information content (AvgIpc) is 2.56. The number of rotatable bonds is 6. The number of nitrogens with one attached hydrogen (secondary N) is 2. The minimum atomic E-state index is -3.17. The lowest BCUT2D eigenvalue weighted by molar-refractivity contribution is 0.410. The monoisotopic (exact) mass is 490 g/mol. The molecular weight excluding hydrogens is 459 g/mol. The van der Waals surface area contributed by atoms with E-state index >= 15 is 0 Å². The van der Waals surface area contributed by atoms with Gasteiger partial charge in [0.15, 0.2) is 5.96 Å². The number of halogens is 1. The third-order valence-electron chi connectivity index (χ3n) is 4.27. The van der Waals surface area contributed by atoms with Gasteiger partial charge < -0.3 is 10.6 Å². The molecule has 2 rings (SSSR count). The van der Waals surface area contributed by atoms with Gasteiger partial charge in [-0.3, -0.25) is 4.99 Å². The van der Waals surface area contributed by atoms with Crippen LogP contribution in [0.4, 0.5) is 0 Å². The number of thioether (sulfide) groups is 1. The zero-order valence-electron chi connectivity index (χ0n) is 14.5. The fourth-order valence-electron chi connectivity index (χ4n) is 2.99. The van der Waals surface area contributed by atoms with E-state index in [9.17, 15) is 8.42 Å². The van der Waals surface area contributed by atoms with Crippen LogP contribution in [0.3, 0.4) is 0 Å². The normalized spacial score (nSPS) is 21.1. The third kappa shape index (κ3) is 7.65. The van der Waals surface area contributed by atoms with E-state index in [2.05, 4.69) is 15.6 Å². The molecule has 0 amide bonds. The summed E-state index contributed by atoms with van der Waals surface area (Å²) >= 11 is 1.82. The van der Waals surface area contributed by atoms with Crippen molar-refractivity contribution in [3.8, 4) is 0 Å². The molecule has 2 aliphatic rings. The van der Waals surface area contributed by atoms with Crippen LogP contribution >= 0.6 is 35.7 Å². The number of aliphatic imine (C=N–C) groups is 1. The Labute approximate surface area is 168 Å². The first-order valence-corrected chi connectivity index (χ1v) is 11.5. The second-order valence-electron chi connectivity index (χ2n) is 6.07. The molecule has 0 aromatic heterocycles. The first kappa shape index (κ1) is 22.3. The Balaban J connectivity index is 0.00000288. The van der Waals surface area contributed by atoms with Gasteiger partial charge in [0.1, 0.15) is 0 Å². The van der Waals surface area contributed by atoms with Crippen molar-refractivity contribution >= 4 is 51.7 Å². The molecule has 1 saturated heterocycles. The molecule has 0 bridgehead atoms. The molecule has 9 heteroatoms. The summed E-state index contributed by atoms with van der Waals surface area (Å²) in [5, 5.41) is 6.67. The Morgan fingerprint density at radius 3 is 2.50 bits per heavy atom. The highest BCUT2D eigenvalue weighted by atomic mass is 127. The molecule has 1 aliphatic carbocycles. The fraction of sp³-hybridized carbons (Fsp3) is 0.933. The molecule has 2 fully saturated rings. The van der Waals surface area contributed by atoms with Gasteiger partial charge in [0, 0.05) is 37.2 Å². The van der Waals surface area contributed by atoms with Crippen molar-refractivity contribution in [2.24, 2.45) is 4.99 Å². The Kier molecular flexibility index (Phi) is 11.0. The van der Waals surface area contributed by atoms with Crippen molar-refractivity contribution in [3.05, 3.63) is 0 Å². The summed E-state index contributed by atoms with van der Waals surface area (Å²) in [6.07, 6.45) is 6.19. The summed E-state index contributed by atoms with van der Waals surface area (Å²) in [5.74, 6) is 2.64. The summed E-state index contributed by atoms with van der Waals surface area (Å²) in [6.45, 7) is 4.40. The van der Waals surface area contributed by atoms with E-state index in [4.69, 9.17) is 0 Å². The first-order chi connectivity index (χ1) is 11.1. The largest absolute Gasteiger partial charge is 0.357 e. The van der Waals surface area contributed by atoms with Crippen molar-refractivity contribution in [3.63, 3.8) is 0 Å². The maximum Gasteiger partial charge on any atom is 0.215 e. The van der Waals surface area contributed by atoms with Crippen molar-refractivity contribution in [2.45, 2.75) is 45.1 Å². The molecule has 24 heavy (non-hydrogen) atoms. The maximum absolute atomic E-state index is 12.3. The summed E-state index contributed by atoms with van der Waals surface area (Å²) < 4.78 is 26.3. The van der Waals surface area contributed by atoms with E-state index in [1.807, 2.05) is 18.7 Å². The Morgan fingerprint density at radius 2 is 1.88 bits per heavy atom. The third-order valence-corrected chi connectivity index (χ3v) is 7.07. The number of guanidine groups is 1. The average molecular weight is 490 g/mol. The summed E-state index contributed by atoms with van der Waals surface area (Å²) in [7, 11) is -3.17. The molecular formula is C15H31IN4O2S2. The van der Waals surface area contributed by atoms with Crippen LogP contribution < -0.4 is 10.6 Å². The van der Waals surface area contributed by atoms with E-state index in [0.29, 0.717) is 25.7 Å². The van der Waals surface area contributed by atoms with Gasteiger partial charge in [0.2, 0.25) is 10.0 Å². The van der Waals surface area contributed by atoms with E-state index < -0.39 is 10.0 Å².